The lowest BCUT2D eigenvalue weighted by Gasteiger charge is -2.27. The lowest BCUT2D eigenvalue weighted by molar-refractivity contribution is -0.133. The summed E-state index contributed by atoms with van der Waals surface area (Å²) in [4.78, 5) is 17.3. The Morgan fingerprint density at radius 1 is 1.47 bits per heavy atom. The largest absolute Gasteiger partial charge is 0.381 e. The van der Waals surface area contributed by atoms with Crippen LogP contribution in [0.4, 0.5) is 5.69 Å². The van der Waals surface area contributed by atoms with Crippen LogP contribution in [-0.4, -0.2) is 28.1 Å². The van der Waals surface area contributed by atoms with E-state index in [1.165, 1.54) is 18.7 Å². The number of nitrogens with zero attached hydrogens (tertiary/aromatic N) is 2. The summed E-state index contributed by atoms with van der Waals surface area (Å²) in [6.45, 7) is 5.36. The Morgan fingerprint density at radius 3 is 2.40 bits per heavy atom. The van der Waals surface area contributed by atoms with Crippen LogP contribution >= 0.6 is 0 Å². The number of carbonyl (C=O) groups excluding carboxylic acids is 1. The van der Waals surface area contributed by atoms with Crippen molar-refractivity contribution in [2.24, 2.45) is 0 Å². The molecule has 4 nitrogen and oxygen atoms in total. The summed E-state index contributed by atoms with van der Waals surface area (Å²) in [5.74, 6) is -0.309. The van der Waals surface area contributed by atoms with Crippen LogP contribution in [0.2, 0.25) is 0 Å². The first-order valence-electron chi connectivity index (χ1n) is 4.91. The predicted molar refractivity (Wildman–Crippen MR) is 58.6 cm³/mol. The van der Waals surface area contributed by atoms with Gasteiger partial charge in [0, 0.05) is 24.6 Å². The fourth-order valence-electron chi connectivity index (χ4n) is 1.30. The van der Waals surface area contributed by atoms with Crippen molar-refractivity contribution in [1.29, 1.82) is 0 Å². The summed E-state index contributed by atoms with van der Waals surface area (Å²) >= 11 is 0. The van der Waals surface area contributed by atoms with E-state index in [9.17, 15) is 9.90 Å². The van der Waals surface area contributed by atoms with Crippen LogP contribution in [0.3, 0.4) is 0 Å². The molecule has 0 unspecified atom stereocenters. The molecule has 0 fully saturated rings. The van der Waals surface area contributed by atoms with Crippen molar-refractivity contribution >= 4 is 11.6 Å². The van der Waals surface area contributed by atoms with Crippen molar-refractivity contribution in [3.63, 3.8) is 0 Å². The molecule has 0 aliphatic heterocycles. The molecular weight excluding hydrogens is 192 g/mol. The van der Waals surface area contributed by atoms with Gasteiger partial charge in [-0.05, 0) is 32.9 Å². The summed E-state index contributed by atoms with van der Waals surface area (Å²) < 4.78 is 0. The quantitative estimate of drug-likeness (QED) is 0.812. The molecular formula is C11H16N2O2. The van der Waals surface area contributed by atoms with Gasteiger partial charge in [0.25, 0.3) is 5.91 Å². The highest BCUT2D eigenvalue weighted by Gasteiger charge is 2.29. The van der Waals surface area contributed by atoms with Crippen LogP contribution in [0.1, 0.15) is 20.8 Å². The molecule has 1 amide bonds. The molecule has 0 aliphatic carbocycles. The number of likely N-dealkylation sites (N-methyl/N-ethyl adjacent to an activating group) is 1. The maximum atomic E-state index is 11.9. The summed E-state index contributed by atoms with van der Waals surface area (Å²) in [6, 6.07) is 3.49. The van der Waals surface area contributed by atoms with E-state index in [1.54, 1.807) is 24.5 Å². The van der Waals surface area contributed by atoms with E-state index in [1.807, 2.05) is 6.92 Å². The van der Waals surface area contributed by atoms with Gasteiger partial charge in [0.05, 0.1) is 0 Å². The molecule has 0 aliphatic rings. The first-order chi connectivity index (χ1) is 6.96. The highest BCUT2D eigenvalue weighted by Crippen LogP contribution is 2.16. The molecule has 0 atom stereocenters. The number of anilines is 1. The van der Waals surface area contributed by atoms with E-state index < -0.39 is 5.60 Å². The van der Waals surface area contributed by atoms with Crippen molar-refractivity contribution in [3.05, 3.63) is 24.5 Å². The second-order valence-electron chi connectivity index (χ2n) is 3.81. The molecule has 82 valence electrons. The van der Waals surface area contributed by atoms with E-state index in [0.717, 1.165) is 5.69 Å². The Morgan fingerprint density at radius 2 is 2.00 bits per heavy atom. The van der Waals surface area contributed by atoms with Crippen LogP contribution in [0.5, 0.6) is 0 Å². The van der Waals surface area contributed by atoms with Gasteiger partial charge in [0.2, 0.25) is 0 Å². The van der Waals surface area contributed by atoms with Gasteiger partial charge < -0.3 is 10.0 Å². The molecule has 1 rings (SSSR count). The van der Waals surface area contributed by atoms with Crippen molar-refractivity contribution in [2.45, 2.75) is 26.4 Å². The number of aromatic nitrogens is 1. The van der Waals surface area contributed by atoms with E-state index >= 15 is 0 Å². The zero-order valence-electron chi connectivity index (χ0n) is 9.27. The monoisotopic (exact) mass is 208 g/mol. The van der Waals surface area contributed by atoms with E-state index in [0.29, 0.717) is 6.54 Å². The molecule has 0 bridgehead atoms. The molecule has 0 spiro atoms. The molecule has 0 radical (unpaired) electrons. The average molecular weight is 208 g/mol. The van der Waals surface area contributed by atoms with Gasteiger partial charge in [-0.2, -0.15) is 0 Å². The van der Waals surface area contributed by atoms with Crippen molar-refractivity contribution in [2.75, 3.05) is 11.4 Å². The lowest BCUT2D eigenvalue weighted by Crippen LogP contribution is -2.45. The van der Waals surface area contributed by atoms with Crippen molar-refractivity contribution in [3.8, 4) is 0 Å². The summed E-state index contributed by atoms with van der Waals surface area (Å²) in [6.07, 6.45) is 3.24. The van der Waals surface area contributed by atoms with E-state index in [2.05, 4.69) is 4.98 Å². The Balaban J connectivity index is 2.96. The number of rotatable bonds is 3. The van der Waals surface area contributed by atoms with Gasteiger partial charge in [-0.25, -0.2) is 0 Å². The number of pyridine rings is 1. The number of carbonyl (C=O) groups is 1. The normalized spacial score (nSPS) is 11.2. The molecule has 0 saturated heterocycles. The predicted octanol–water partition coefficient (Wildman–Crippen LogP) is 1.21. The SMILES string of the molecule is CCN(C(=O)C(C)(C)O)c1ccncc1. The highest BCUT2D eigenvalue weighted by molar-refractivity contribution is 5.98. The van der Waals surface area contributed by atoms with Crippen LogP contribution < -0.4 is 4.90 Å². The molecule has 1 heterocycles. The van der Waals surface area contributed by atoms with Gasteiger partial charge >= 0.3 is 0 Å². The number of aliphatic hydroxyl groups is 1. The Hall–Kier alpha value is -1.42. The first-order valence-corrected chi connectivity index (χ1v) is 4.91. The van der Waals surface area contributed by atoms with Crippen LogP contribution in [0.15, 0.2) is 24.5 Å². The van der Waals surface area contributed by atoms with Gasteiger partial charge in [-0.15, -0.1) is 0 Å². The zero-order chi connectivity index (χ0) is 11.5. The molecule has 1 aromatic heterocycles. The highest BCUT2D eigenvalue weighted by atomic mass is 16.3. The van der Waals surface area contributed by atoms with Gasteiger partial charge in [0.15, 0.2) is 0 Å². The molecule has 1 aromatic rings. The number of hydrogen-bond acceptors (Lipinski definition) is 3. The third-order valence-corrected chi connectivity index (χ3v) is 2.06. The number of amides is 1. The van der Waals surface area contributed by atoms with Crippen molar-refractivity contribution < 1.29 is 9.90 Å². The minimum absolute atomic E-state index is 0.309. The first kappa shape index (κ1) is 11.7. The van der Waals surface area contributed by atoms with Gasteiger partial charge in [0.1, 0.15) is 5.60 Å². The Kier molecular flexibility index (Phi) is 3.42. The van der Waals surface area contributed by atoms with Crippen LogP contribution in [0, 0.1) is 0 Å². The number of hydrogen-bond donors (Lipinski definition) is 1. The summed E-state index contributed by atoms with van der Waals surface area (Å²) in [5, 5.41) is 9.64. The Bertz CT molecular complexity index is 330. The molecule has 1 N–H and O–H groups in total. The zero-order valence-corrected chi connectivity index (χ0v) is 9.27. The fourth-order valence-corrected chi connectivity index (χ4v) is 1.30. The molecule has 4 heteroatoms. The van der Waals surface area contributed by atoms with Gasteiger partial charge in [-0.3, -0.25) is 9.78 Å². The minimum Gasteiger partial charge on any atom is -0.381 e. The minimum atomic E-state index is -1.35. The molecule has 15 heavy (non-hydrogen) atoms. The summed E-state index contributed by atoms with van der Waals surface area (Å²) in [7, 11) is 0. The van der Waals surface area contributed by atoms with Crippen LogP contribution in [-0.2, 0) is 4.79 Å². The molecule has 0 saturated carbocycles. The van der Waals surface area contributed by atoms with E-state index in [-0.39, 0.29) is 5.91 Å². The fraction of sp³-hybridized carbons (Fsp3) is 0.455. The Labute approximate surface area is 89.6 Å². The third-order valence-electron chi connectivity index (χ3n) is 2.06. The average Bonchev–Trinajstić information content (AvgIpc) is 2.19. The molecule has 0 aromatic carbocycles. The van der Waals surface area contributed by atoms with Crippen LogP contribution in [0.25, 0.3) is 0 Å². The van der Waals surface area contributed by atoms with Crippen molar-refractivity contribution in [1.82, 2.24) is 4.98 Å². The summed E-state index contributed by atoms with van der Waals surface area (Å²) in [5.41, 5.74) is -0.598. The second kappa shape index (κ2) is 4.40. The standard InChI is InChI=1S/C11H16N2O2/c1-4-13(10(14)11(2,3)15)9-5-7-12-8-6-9/h5-8,15H,4H2,1-3H3. The van der Waals surface area contributed by atoms with Gasteiger partial charge in [-0.1, -0.05) is 0 Å². The topological polar surface area (TPSA) is 53.4 Å². The maximum absolute atomic E-state index is 11.9. The maximum Gasteiger partial charge on any atom is 0.258 e. The smallest absolute Gasteiger partial charge is 0.258 e. The van der Waals surface area contributed by atoms with E-state index in [4.69, 9.17) is 0 Å². The third kappa shape index (κ3) is 2.76. The second-order valence-corrected chi connectivity index (χ2v) is 3.81. The lowest BCUT2D eigenvalue weighted by atomic mass is 10.1.